The van der Waals surface area contributed by atoms with Crippen LogP contribution in [0.1, 0.15) is 70.3 Å². The molecule has 12 nitrogen and oxygen atoms in total. The largest absolute Gasteiger partial charge is 0.480 e. The van der Waals surface area contributed by atoms with Gasteiger partial charge in [0, 0.05) is 37.3 Å². The number of amides is 1. The summed E-state index contributed by atoms with van der Waals surface area (Å²) in [5, 5.41) is 3.49. The first-order chi connectivity index (χ1) is 21.1. The van der Waals surface area contributed by atoms with Gasteiger partial charge < -0.3 is 34.9 Å². The lowest BCUT2D eigenvalue weighted by Gasteiger charge is -2.26. The molecule has 0 unspecified atom stereocenters. The van der Waals surface area contributed by atoms with Crippen molar-refractivity contribution < 1.29 is 33.3 Å². The monoisotopic (exact) mass is 623 g/mol. The van der Waals surface area contributed by atoms with Crippen LogP contribution in [-0.2, 0) is 25.6 Å². The molecule has 0 fully saturated rings. The van der Waals surface area contributed by atoms with Crippen LogP contribution in [0.25, 0.3) is 10.9 Å². The molecule has 0 aliphatic rings. The number of nitrogens with zero attached hydrogens (tertiary/aromatic N) is 3. The molecule has 0 spiro atoms. The molecule has 2 aromatic carbocycles. The van der Waals surface area contributed by atoms with Crippen LogP contribution in [0.3, 0.4) is 0 Å². The number of ether oxygens (including phenoxy) is 4. The van der Waals surface area contributed by atoms with Crippen molar-refractivity contribution >= 4 is 34.4 Å². The molecule has 244 valence electrons. The quantitative estimate of drug-likeness (QED) is 0.264. The minimum absolute atomic E-state index is 0.0340. The maximum Gasteiger partial charge on any atom is 0.329 e. The van der Waals surface area contributed by atoms with Crippen molar-refractivity contribution in [3.63, 3.8) is 0 Å². The van der Waals surface area contributed by atoms with Crippen molar-refractivity contribution in [3.8, 4) is 11.9 Å². The Morgan fingerprint density at radius 3 is 2.16 bits per heavy atom. The maximum absolute atomic E-state index is 13.2. The highest BCUT2D eigenvalue weighted by atomic mass is 16.6. The summed E-state index contributed by atoms with van der Waals surface area (Å²) in [5.74, 6) is -1.15. The second-order valence-corrected chi connectivity index (χ2v) is 12.5. The Balaban J connectivity index is 1.76. The van der Waals surface area contributed by atoms with Crippen LogP contribution in [-0.4, -0.2) is 72.4 Å². The summed E-state index contributed by atoms with van der Waals surface area (Å²) in [6, 6.07) is 12.0. The standard InChI is InChI=1S/C33H45N5O7/c1-32(2,3)44-27(39)16-15-26(30(41)45-33(4,5)6)35-28(40)22-10-12-23(13-11-22)38(18-17-34)20-21-9-14-25-24(19-21)29(42-7)37-31(36-25)43-8/h9-14,19,26H,15-18,20,34H2,1-8H3,(H,35,40)/t26-/m1/s1. The van der Waals surface area contributed by atoms with Gasteiger partial charge in [0.05, 0.1) is 25.1 Å². The number of hydrogen-bond donors (Lipinski definition) is 2. The Morgan fingerprint density at radius 2 is 1.58 bits per heavy atom. The van der Waals surface area contributed by atoms with Crippen LogP contribution < -0.4 is 25.4 Å². The van der Waals surface area contributed by atoms with Gasteiger partial charge in [0.15, 0.2) is 0 Å². The molecule has 3 N–H and O–H groups in total. The van der Waals surface area contributed by atoms with E-state index in [-0.39, 0.29) is 18.9 Å². The minimum atomic E-state index is -1.04. The topological polar surface area (TPSA) is 155 Å². The van der Waals surface area contributed by atoms with Crippen LogP contribution >= 0.6 is 0 Å². The molecule has 0 radical (unpaired) electrons. The molecule has 1 amide bonds. The van der Waals surface area contributed by atoms with Crippen molar-refractivity contribution in [2.75, 3.05) is 32.2 Å². The number of methoxy groups -OCH3 is 2. The van der Waals surface area contributed by atoms with Crippen molar-refractivity contribution in [2.24, 2.45) is 5.73 Å². The Morgan fingerprint density at radius 1 is 0.911 bits per heavy atom. The average Bonchev–Trinajstić information content (AvgIpc) is 2.96. The summed E-state index contributed by atoms with van der Waals surface area (Å²) in [4.78, 5) is 49.2. The number of fused-ring (bicyclic) bond motifs is 1. The van der Waals surface area contributed by atoms with E-state index in [0.29, 0.717) is 36.6 Å². The van der Waals surface area contributed by atoms with E-state index in [0.717, 1.165) is 16.6 Å². The molecule has 0 aliphatic carbocycles. The Kier molecular flexibility index (Phi) is 11.7. The van der Waals surface area contributed by atoms with Gasteiger partial charge in [-0.25, -0.2) is 4.79 Å². The highest BCUT2D eigenvalue weighted by Gasteiger charge is 2.28. The summed E-state index contributed by atoms with van der Waals surface area (Å²) < 4.78 is 21.5. The number of carbonyl (C=O) groups excluding carboxylic acids is 3. The lowest BCUT2D eigenvalue weighted by atomic mass is 10.1. The number of rotatable bonds is 13. The maximum atomic E-state index is 13.2. The van der Waals surface area contributed by atoms with E-state index < -0.39 is 35.1 Å². The summed E-state index contributed by atoms with van der Waals surface area (Å²) in [6.45, 7) is 12.0. The Hall–Kier alpha value is -4.45. The molecular weight excluding hydrogens is 578 g/mol. The van der Waals surface area contributed by atoms with Crippen LogP contribution in [0, 0.1) is 0 Å². The molecule has 3 aromatic rings. The fourth-order valence-electron chi connectivity index (χ4n) is 4.49. The van der Waals surface area contributed by atoms with E-state index in [2.05, 4.69) is 20.2 Å². The van der Waals surface area contributed by atoms with Crippen molar-refractivity contribution in [1.29, 1.82) is 0 Å². The highest BCUT2D eigenvalue weighted by molar-refractivity contribution is 5.97. The van der Waals surface area contributed by atoms with Crippen LogP contribution in [0.15, 0.2) is 42.5 Å². The molecular formula is C33H45N5O7. The molecule has 1 heterocycles. The lowest BCUT2D eigenvalue weighted by Crippen LogP contribution is -2.44. The zero-order valence-electron chi connectivity index (χ0n) is 27.4. The number of nitrogens with one attached hydrogen (secondary N) is 1. The molecule has 0 saturated carbocycles. The minimum Gasteiger partial charge on any atom is -0.480 e. The Bertz CT molecular complexity index is 1480. The molecule has 3 rings (SSSR count). The third kappa shape index (κ3) is 10.6. The highest BCUT2D eigenvalue weighted by Crippen LogP contribution is 2.27. The summed E-state index contributed by atoms with van der Waals surface area (Å²) in [5.41, 5.74) is 7.38. The smallest absolute Gasteiger partial charge is 0.329 e. The average molecular weight is 624 g/mol. The molecule has 45 heavy (non-hydrogen) atoms. The molecule has 0 saturated heterocycles. The fraction of sp³-hybridized carbons (Fsp3) is 0.485. The fourth-order valence-corrected chi connectivity index (χ4v) is 4.49. The summed E-state index contributed by atoms with van der Waals surface area (Å²) >= 11 is 0. The van der Waals surface area contributed by atoms with Gasteiger partial charge in [-0.2, -0.15) is 9.97 Å². The van der Waals surface area contributed by atoms with Crippen LogP contribution in [0.2, 0.25) is 0 Å². The summed E-state index contributed by atoms with van der Waals surface area (Å²) in [6.07, 6.45) is -0.0267. The number of benzene rings is 2. The molecule has 0 bridgehead atoms. The van der Waals surface area contributed by atoms with Crippen LogP contribution in [0.4, 0.5) is 5.69 Å². The molecule has 1 atom stereocenters. The van der Waals surface area contributed by atoms with E-state index >= 15 is 0 Å². The van der Waals surface area contributed by atoms with Crippen molar-refractivity contribution in [3.05, 3.63) is 53.6 Å². The SMILES string of the molecule is COc1nc(OC)c2cc(CN(CCN)c3ccc(C(=O)N[C@H](CCC(=O)OC(C)(C)C)C(=O)OC(C)(C)C)cc3)ccc2n1. The predicted octanol–water partition coefficient (Wildman–Crippen LogP) is 4.17. The number of esters is 2. The second kappa shape index (κ2) is 15.0. The zero-order chi connectivity index (χ0) is 33.4. The van der Waals surface area contributed by atoms with E-state index in [1.165, 1.54) is 7.11 Å². The van der Waals surface area contributed by atoms with Gasteiger partial charge >= 0.3 is 17.9 Å². The van der Waals surface area contributed by atoms with Gasteiger partial charge in [-0.1, -0.05) is 6.07 Å². The molecule has 0 aliphatic heterocycles. The zero-order valence-corrected chi connectivity index (χ0v) is 27.4. The van der Waals surface area contributed by atoms with Crippen molar-refractivity contribution in [1.82, 2.24) is 15.3 Å². The molecule has 1 aromatic heterocycles. The predicted molar refractivity (Wildman–Crippen MR) is 171 cm³/mol. The van der Waals surface area contributed by atoms with E-state index in [1.807, 2.05) is 30.3 Å². The van der Waals surface area contributed by atoms with Gasteiger partial charge in [-0.05, 0) is 89.9 Å². The van der Waals surface area contributed by atoms with Crippen LogP contribution in [0.5, 0.6) is 11.9 Å². The number of anilines is 1. The van der Waals surface area contributed by atoms with Gasteiger partial charge in [0.1, 0.15) is 17.2 Å². The number of hydrogen-bond acceptors (Lipinski definition) is 11. The second-order valence-electron chi connectivity index (χ2n) is 12.5. The molecule has 12 heteroatoms. The van der Waals surface area contributed by atoms with Gasteiger partial charge in [-0.3, -0.25) is 9.59 Å². The first-order valence-corrected chi connectivity index (χ1v) is 14.8. The van der Waals surface area contributed by atoms with E-state index in [9.17, 15) is 14.4 Å². The van der Waals surface area contributed by atoms with Gasteiger partial charge in [0.25, 0.3) is 5.91 Å². The van der Waals surface area contributed by atoms with Gasteiger partial charge in [-0.15, -0.1) is 0 Å². The third-order valence-electron chi connectivity index (χ3n) is 6.40. The lowest BCUT2D eigenvalue weighted by molar-refractivity contribution is -0.158. The normalized spacial score (nSPS) is 12.3. The number of carbonyl (C=O) groups is 3. The van der Waals surface area contributed by atoms with E-state index in [4.69, 9.17) is 24.7 Å². The summed E-state index contributed by atoms with van der Waals surface area (Å²) in [7, 11) is 3.05. The first-order valence-electron chi connectivity index (χ1n) is 14.8. The van der Waals surface area contributed by atoms with Crippen molar-refractivity contribution in [2.45, 2.75) is 78.2 Å². The number of aromatic nitrogens is 2. The first kappa shape index (κ1) is 35.0. The number of nitrogens with two attached hydrogens (primary N) is 1. The van der Waals surface area contributed by atoms with E-state index in [1.54, 1.807) is 60.8 Å². The van der Waals surface area contributed by atoms with Gasteiger partial charge in [0.2, 0.25) is 5.88 Å². The Labute approximate surface area is 264 Å². The third-order valence-corrected chi connectivity index (χ3v) is 6.40.